The van der Waals surface area contributed by atoms with Gasteiger partial charge in [-0.2, -0.15) is 0 Å². The Morgan fingerprint density at radius 2 is 1.65 bits per heavy atom. The summed E-state index contributed by atoms with van der Waals surface area (Å²) in [7, 11) is -3.17. The van der Waals surface area contributed by atoms with E-state index in [1.54, 1.807) is 0 Å². The molecule has 1 aromatic rings. The quantitative estimate of drug-likeness (QED) is 0.845. The average Bonchev–Trinajstić information content (AvgIpc) is 2.46. The summed E-state index contributed by atoms with van der Waals surface area (Å²) in [6, 6.07) is 7.71. The van der Waals surface area contributed by atoms with E-state index in [0.717, 1.165) is 24.0 Å². The smallest absolute Gasteiger partial charge is 0.212 e. The van der Waals surface area contributed by atoms with Gasteiger partial charge in [0.1, 0.15) is 0 Å². The highest BCUT2D eigenvalue weighted by molar-refractivity contribution is 7.89. The molecule has 0 bridgehead atoms. The average molecular weight is 296 g/mol. The van der Waals surface area contributed by atoms with E-state index in [9.17, 15) is 8.42 Å². The second-order valence-electron chi connectivity index (χ2n) is 5.63. The van der Waals surface area contributed by atoms with Gasteiger partial charge in [-0.1, -0.05) is 43.5 Å². The zero-order valence-corrected chi connectivity index (χ0v) is 12.7. The fourth-order valence-corrected chi connectivity index (χ4v) is 4.17. The van der Waals surface area contributed by atoms with Crippen molar-refractivity contribution >= 4 is 10.0 Å². The van der Waals surface area contributed by atoms with E-state index in [2.05, 4.69) is 4.72 Å². The van der Waals surface area contributed by atoms with E-state index in [-0.39, 0.29) is 5.75 Å². The van der Waals surface area contributed by atoms with Crippen LogP contribution < -0.4 is 10.5 Å². The van der Waals surface area contributed by atoms with Gasteiger partial charge in [0, 0.05) is 13.1 Å². The predicted molar refractivity (Wildman–Crippen MR) is 81.5 cm³/mol. The lowest BCUT2D eigenvalue weighted by Crippen LogP contribution is -2.30. The molecule has 1 saturated carbocycles. The summed E-state index contributed by atoms with van der Waals surface area (Å²) >= 11 is 0. The zero-order chi connectivity index (χ0) is 14.4. The van der Waals surface area contributed by atoms with Gasteiger partial charge in [-0.05, 0) is 29.9 Å². The molecule has 1 aromatic carbocycles. The molecule has 3 N–H and O–H groups in total. The molecule has 0 aliphatic heterocycles. The summed E-state index contributed by atoms with van der Waals surface area (Å²) in [6.07, 6.45) is 5.68. The highest BCUT2D eigenvalue weighted by Crippen LogP contribution is 2.24. The second-order valence-corrected chi connectivity index (χ2v) is 7.48. The lowest BCUT2D eigenvalue weighted by Gasteiger charge is -2.21. The van der Waals surface area contributed by atoms with Crippen molar-refractivity contribution < 1.29 is 8.42 Å². The topological polar surface area (TPSA) is 72.2 Å². The van der Waals surface area contributed by atoms with Gasteiger partial charge < -0.3 is 5.73 Å². The van der Waals surface area contributed by atoms with Crippen LogP contribution in [0.15, 0.2) is 24.3 Å². The highest BCUT2D eigenvalue weighted by Gasteiger charge is 2.20. The van der Waals surface area contributed by atoms with Gasteiger partial charge in [0.15, 0.2) is 0 Å². The Morgan fingerprint density at radius 3 is 2.25 bits per heavy atom. The van der Waals surface area contributed by atoms with E-state index < -0.39 is 10.0 Å². The standard InChI is InChI=1S/C15H24N2O2S/c16-10-13-6-8-14(9-7-13)11-17-20(18,19)12-15-4-2-1-3-5-15/h6-9,15,17H,1-5,10-12,16H2. The lowest BCUT2D eigenvalue weighted by molar-refractivity contribution is 0.384. The summed E-state index contributed by atoms with van der Waals surface area (Å²) in [5, 5.41) is 0. The second kappa shape index (κ2) is 7.20. The third-order valence-electron chi connectivity index (χ3n) is 3.93. The minimum Gasteiger partial charge on any atom is -0.326 e. The number of hydrogen-bond acceptors (Lipinski definition) is 3. The first-order chi connectivity index (χ1) is 9.59. The zero-order valence-electron chi connectivity index (χ0n) is 11.8. The van der Waals surface area contributed by atoms with Gasteiger partial charge in [0.25, 0.3) is 0 Å². The molecule has 2 rings (SSSR count). The summed E-state index contributed by atoms with van der Waals surface area (Å²) in [5.74, 6) is 0.606. The van der Waals surface area contributed by atoms with Crippen LogP contribution in [0.4, 0.5) is 0 Å². The predicted octanol–water partition coefficient (Wildman–Crippen LogP) is 2.14. The van der Waals surface area contributed by atoms with Crippen molar-refractivity contribution in [3.8, 4) is 0 Å². The minimum absolute atomic E-state index is 0.272. The fourth-order valence-electron chi connectivity index (χ4n) is 2.71. The molecule has 0 saturated heterocycles. The van der Waals surface area contributed by atoms with Crippen molar-refractivity contribution in [1.82, 2.24) is 4.72 Å². The molecule has 4 nitrogen and oxygen atoms in total. The summed E-state index contributed by atoms with van der Waals surface area (Å²) < 4.78 is 26.8. The molecule has 0 spiro atoms. The van der Waals surface area contributed by atoms with E-state index in [0.29, 0.717) is 19.0 Å². The number of rotatable bonds is 6. The van der Waals surface area contributed by atoms with Crippen LogP contribution in [0, 0.1) is 5.92 Å². The fraction of sp³-hybridized carbons (Fsp3) is 0.600. The maximum Gasteiger partial charge on any atom is 0.212 e. The monoisotopic (exact) mass is 296 g/mol. The first-order valence-electron chi connectivity index (χ1n) is 7.34. The van der Waals surface area contributed by atoms with E-state index in [1.165, 1.54) is 19.3 Å². The Kier molecular flexibility index (Phi) is 5.57. The van der Waals surface area contributed by atoms with Gasteiger partial charge in [-0.25, -0.2) is 13.1 Å². The highest BCUT2D eigenvalue weighted by atomic mass is 32.2. The van der Waals surface area contributed by atoms with Crippen LogP contribution in [-0.4, -0.2) is 14.2 Å². The molecule has 0 radical (unpaired) electrons. The Morgan fingerprint density at radius 1 is 1.05 bits per heavy atom. The Balaban J connectivity index is 1.84. The third kappa shape index (κ3) is 4.89. The molecule has 0 atom stereocenters. The first-order valence-corrected chi connectivity index (χ1v) is 8.99. The minimum atomic E-state index is -3.17. The molecule has 0 aromatic heterocycles. The van der Waals surface area contributed by atoms with Gasteiger partial charge in [-0.15, -0.1) is 0 Å². The Bertz CT molecular complexity index is 505. The third-order valence-corrected chi connectivity index (χ3v) is 5.43. The number of nitrogens with two attached hydrogens (primary N) is 1. The van der Waals surface area contributed by atoms with Crippen molar-refractivity contribution in [2.75, 3.05) is 5.75 Å². The van der Waals surface area contributed by atoms with Crippen molar-refractivity contribution in [3.05, 3.63) is 35.4 Å². The van der Waals surface area contributed by atoms with Gasteiger partial charge >= 0.3 is 0 Å². The van der Waals surface area contributed by atoms with E-state index >= 15 is 0 Å². The van der Waals surface area contributed by atoms with Crippen LogP contribution in [0.3, 0.4) is 0 Å². The molecule has 20 heavy (non-hydrogen) atoms. The lowest BCUT2D eigenvalue weighted by atomic mass is 9.91. The maximum absolute atomic E-state index is 12.1. The molecular formula is C15H24N2O2S. The molecule has 112 valence electrons. The first kappa shape index (κ1) is 15.5. The SMILES string of the molecule is NCc1ccc(CNS(=O)(=O)CC2CCCCC2)cc1. The van der Waals surface area contributed by atoms with Crippen molar-refractivity contribution in [1.29, 1.82) is 0 Å². The summed E-state index contributed by atoms with van der Waals surface area (Å²) in [4.78, 5) is 0. The molecule has 0 amide bonds. The summed E-state index contributed by atoms with van der Waals surface area (Å²) in [6.45, 7) is 0.869. The molecular weight excluding hydrogens is 272 g/mol. The number of sulfonamides is 1. The van der Waals surface area contributed by atoms with E-state index in [4.69, 9.17) is 5.73 Å². The van der Waals surface area contributed by atoms with Crippen LogP contribution in [0.2, 0.25) is 0 Å². The molecule has 5 heteroatoms. The molecule has 0 unspecified atom stereocenters. The van der Waals surface area contributed by atoms with Gasteiger partial charge in [-0.3, -0.25) is 0 Å². The van der Waals surface area contributed by atoms with E-state index in [1.807, 2.05) is 24.3 Å². The van der Waals surface area contributed by atoms with Crippen molar-refractivity contribution in [2.24, 2.45) is 11.7 Å². The number of benzene rings is 1. The van der Waals surface area contributed by atoms with Crippen molar-refractivity contribution in [2.45, 2.75) is 45.2 Å². The molecule has 1 aliphatic rings. The Labute approximate surface area is 121 Å². The maximum atomic E-state index is 12.1. The van der Waals surface area contributed by atoms with Gasteiger partial charge in [0.2, 0.25) is 10.0 Å². The van der Waals surface area contributed by atoms with Crippen LogP contribution in [0.1, 0.15) is 43.2 Å². The van der Waals surface area contributed by atoms with Crippen LogP contribution in [0.25, 0.3) is 0 Å². The van der Waals surface area contributed by atoms with Crippen molar-refractivity contribution in [3.63, 3.8) is 0 Å². The summed E-state index contributed by atoms with van der Waals surface area (Å²) in [5.41, 5.74) is 7.56. The normalized spacial score (nSPS) is 17.2. The largest absolute Gasteiger partial charge is 0.326 e. The van der Waals surface area contributed by atoms with Crippen LogP contribution in [0.5, 0.6) is 0 Å². The van der Waals surface area contributed by atoms with Crippen LogP contribution in [-0.2, 0) is 23.1 Å². The van der Waals surface area contributed by atoms with Gasteiger partial charge in [0.05, 0.1) is 5.75 Å². The Hall–Kier alpha value is -0.910. The number of nitrogens with one attached hydrogen (secondary N) is 1. The molecule has 1 aliphatic carbocycles. The molecule has 1 fully saturated rings. The number of hydrogen-bond donors (Lipinski definition) is 2. The van der Waals surface area contributed by atoms with Crippen LogP contribution >= 0.6 is 0 Å². The molecule has 0 heterocycles.